The van der Waals surface area contributed by atoms with Crippen LogP contribution in [0.4, 0.5) is 21.6 Å². The van der Waals surface area contributed by atoms with Crippen LogP contribution >= 0.6 is 0 Å². The molecule has 2 aromatic carbocycles. The summed E-state index contributed by atoms with van der Waals surface area (Å²) in [6, 6.07) is 10.5. The Balaban J connectivity index is 1.45. The molecule has 0 aliphatic rings. The number of halogens is 1. The second-order valence-electron chi connectivity index (χ2n) is 6.03. The zero-order valence-corrected chi connectivity index (χ0v) is 14.5. The van der Waals surface area contributed by atoms with E-state index in [-0.39, 0.29) is 18.2 Å². The number of aromatic hydroxyl groups is 1. The SMILES string of the molecule is O=C(Cn1cc(Nc2ncnc3cc(O)ccc23)cn1)Nc1cccc(F)c1. The molecule has 0 saturated heterocycles. The Kier molecular flexibility index (Phi) is 4.55. The van der Waals surface area contributed by atoms with Crippen LogP contribution in [0.15, 0.2) is 61.2 Å². The van der Waals surface area contributed by atoms with Crippen molar-refractivity contribution >= 4 is 34.0 Å². The highest BCUT2D eigenvalue weighted by Gasteiger charge is 2.09. The number of anilines is 3. The van der Waals surface area contributed by atoms with Crippen LogP contribution in [0, 0.1) is 5.82 Å². The lowest BCUT2D eigenvalue weighted by molar-refractivity contribution is -0.116. The summed E-state index contributed by atoms with van der Waals surface area (Å²) in [5.41, 5.74) is 1.61. The second-order valence-corrected chi connectivity index (χ2v) is 6.03. The fourth-order valence-corrected chi connectivity index (χ4v) is 2.71. The zero-order chi connectivity index (χ0) is 19.5. The van der Waals surface area contributed by atoms with E-state index in [0.717, 1.165) is 5.39 Å². The topological polar surface area (TPSA) is 105 Å². The van der Waals surface area contributed by atoms with Crippen LogP contribution in [-0.4, -0.2) is 30.8 Å². The first kappa shape index (κ1) is 17.4. The van der Waals surface area contributed by atoms with Gasteiger partial charge in [0.1, 0.15) is 30.3 Å². The number of nitrogens with zero attached hydrogens (tertiary/aromatic N) is 4. The van der Waals surface area contributed by atoms with Crippen LogP contribution in [-0.2, 0) is 11.3 Å². The normalized spacial score (nSPS) is 10.8. The molecule has 0 atom stereocenters. The average molecular weight is 378 g/mol. The molecule has 0 spiro atoms. The molecule has 8 nitrogen and oxygen atoms in total. The number of hydrogen-bond donors (Lipinski definition) is 3. The Morgan fingerprint density at radius 2 is 2.04 bits per heavy atom. The van der Waals surface area contributed by atoms with Gasteiger partial charge in [-0.3, -0.25) is 9.48 Å². The molecule has 0 bridgehead atoms. The molecule has 0 radical (unpaired) electrons. The molecule has 9 heteroatoms. The van der Waals surface area contributed by atoms with Gasteiger partial charge in [-0.15, -0.1) is 0 Å². The Morgan fingerprint density at radius 3 is 2.89 bits per heavy atom. The van der Waals surface area contributed by atoms with E-state index in [4.69, 9.17) is 0 Å². The summed E-state index contributed by atoms with van der Waals surface area (Å²) >= 11 is 0. The molecule has 2 aromatic heterocycles. The standard InChI is InChI=1S/C19H15FN6O2/c20-12-2-1-3-13(6-12)24-18(28)10-26-9-14(8-23-26)25-19-16-5-4-15(27)7-17(16)21-11-22-19/h1-9,11,27H,10H2,(H,24,28)(H,21,22,25). The van der Waals surface area contributed by atoms with Crippen LogP contribution in [0.1, 0.15) is 0 Å². The van der Waals surface area contributed by atoms with Gasteiger partial charge in [-0.2, -0.15) is 5.10 Å². The van der Waals surface area contributed by atoms with Gasteiger partial charge in [0.2, 0.25) is 5.91 Å². The van der Waals surface area contributed by atoms with E-state index < -0.39 is 5.82 Å². The number of phenols is 1. The van der Waals surface area contributed by atoms with Crippen LogP contribution < -0.4 is 10.6 Å². The van der Waals surface area contributed by atoms with Crippen molar-refractivity contribution in [1.82, 2.24) is 19.7 Å². The number of fused-ring (bicyclic) bond motifs is 1. The molecular formula is C19H15FN6O2. The molecule has 0 saturated carbocycles. The van der Waals surface area contributed by atoms with Crippen molar-refractivity contribution in [3.8, 4) is 5.75 Å². The minimum atomic E-state index is -0.422. The van der Waals surface area contributed by atoms with Crippen molar-refractivity contribution in [1.29, 1.82) is 0 Å². The van der Waals surface area contributed by atoms with E-state index in [1.165, 1.54) is 29.2 Å². The van der Waals surface area contributed by atoms with Crippen molar-refractivity contribution in [3.63, 3.8) is 0 Å². The number of phenolic OH excluding ortho intramolecular Hbond substituents is 1. The fourth-order valence-electron chi connectivity index (χ4n) is 2.71. The van der Waals surface area contributed by atoms with Gasteiger partial charge in [0.05, 0.1) is 17.4 Å². The van der Waals surface area contributed by atoms with Crippen molar-refractivity contribution < 1.29 is 14.3 Å². The predicted molar refractivity (Wildman–Crippen MR) is 102 cm³/mol. The quantitative estimate of drug-likeness (QED) is 0.493. The fraction of sp³-hybridized carbons (Fsp3) is 0.0526. The molecule has 28 heavy (non-hydrogen) atoms. The number of nitrogens with one attached hydrogen (secondary N) is 2. The Hall–Kier alpha value is -4.01. The van der Waals surface area contributed by atoms with Crippen molar-refractivity contribution in [2.45, 2.75) is 6.54 Å². The molecule has 0 unspecified atom stereocenters. The predicted octanol–water partition coefficient (Wildman–Crippen LogP) is 3.05. The first-order valence-corrected chi connectivity index (χ1v) is 8.35. The third-order valence-corrected chi connectivity index (χ3v) is 3.93. The van der Waals surface area contributed by atoms with Gasteiger partial charge in [0.15, 0.2) is 0 Å². The molecule has 0 aliphatic carbocycles. The number of rotatable bonds is 5. The third kappa shape index (κ3) is 3.88. The summed E-state index contributed by atoms with van der Waals surface area (Å²) < 4.78 is 14.6. The highest BCUT2D eigenvalue weighted by molar-refractivity contribution is 5.92. The summed E-state index contributed by atoms with van der Waals surface area (Å²) in [5.74, 6) is -0.0833. The van der Waals surface area contributed by atoms with Crippen molar-refractivity contribution in [2.24, 2.45) is 0 Å². The zero-order valence-electron chi connectivity index (χ0n) is 14.5. The minimum absolute atomic E-state index is 0.0312. The molecular weight excluding hydrogens is 363 g/mol. The highest BCUT2D eigenvalue weighted by Crippen LogP contribution is 2.25. The van der Waals surface area contributed by atoms with Crippen molar-refractivity contribution in [2.75, 3.05) is 10.6 Å². The lowest BCUT2D eigenvalue weighted by Gasteiger charge is -2.07. The highest BCUT2D eigenvalue weighted by atomic mass is 19.1. The van der Waals surface area contributed by atoms with Crippen LogP contribution in [0.5, 0.6) is 5.75 Å². The maximum absolute atomic E-state index is 13.2. The summed E-state index contributed by atoms with van der Waals surface area (Å²) in [5, 5.41) is 20.2. The molecule has 140 valence electrons. The second kappa shape index (κ2) is 7.31. The van der Waals surface area contributed by atoms with Gasteiger partial charge in [0.25, 0.3) is 0 Å². The average Bonchev–Trinajstić information content (AvgIpc) is 3.08. The maximum atomic E-state index is 13.2. The number of carbonyl (C=O) groups is 1. The Bertz CT molecular complexity index is 1160. The maximum Gasteiger partial charge on any atom is 0.246 e. The smallest absolute Gasteiger partial charge is 0.246 e. The molecule has 2 heterocycles. The summed E-state index contributed by atoms with van der Waals surface area (Å²) in [6.45, 7) is -0.0312. The number of hydrogen-bond acceptors (Lipinski definition) is 6. The van der Waals surface area contributed by atoms with Crippen LogP contribution in [0.25, 0.3) is 10.9 Å². The van der Waals surface area contributed by atoms with Crippen molar-refractivity contribution in [3.05, 3.63) is 67.0 Å². The Morgan fingerprint density at radius 1 is 1.14 bits per heavy atom. The number of aromatic nitrogens is 4. The Labute approximate surface area is 158 Å². The van der Waals surface area contributed by atoms with E-state index in [9.17, 15) is 14.3 Å². The summed E-state index contributed by atoms with van der Waals surface area (Å²) in [6.07, 6.45) is 4.60. The molecule has 3 N–H and O–H groups in total. The first-order valence-electron chi connectivity index (χ1n) is 8.35. The number of amides is 1. The summed E-state index contributed by atoms with van der Waals surface area (Å²) in [7, 11) is 0. The van der Waals surface area contributed by atoms with Crippen LogP contribution in [0.2, 0.25) is 0 Å². The van der Waals surface area contributed by atoms with E-state index >= 15 is 0 Å². The van der Waals surface area contributed by atoms with Gasteiger partial charge < -0.3 is 15.7 Å². The van der Waals surface area contributed by atoms with E-state index in [1.807, 2.05) is 0 Å². The molecule has 0 aliphatic heterocycles. The molecule has 4 rings (SSSR count). The molecule has 4 aromatic rings. The third-order valence-electron chi connectivity index (χ3n) is 3.93. The van der Waals surface area contributed by atoms with Gasteiger partial charge >= 0.3 is 0 Å². The van der Waals surface area contributed by atoms with E-state index in [1.54, 1.807) is 36.7 Å². The van der Waals surface area contributed by atoms with Gasteiger partial charge in [-0.25, -0.2) is 14.4 Å². The van der Waals surface area contributed by atoms with Crippen LogP contribution in [0.3, 0.4) is 0 Å². The number of benzene rings is 2. The lowest BCUT2D eigenvalue weighted by atomic mass is 10.2. The van der Waals surface area contributed by atoms with Gasteiger partial charge in [-0.1, -0.05) is 6.07 Å². The van der Waals surface area contributed by atoms with E-state index in [0.29, 0.717) is 22.7 Å². The molecule has 1 amide bonds. The lowest BCUT2D eigenvalue weighted by Crippen LogP contribution is -2.19. The molecule has 0 fully saturated rings. The minimum Gasteiger partial charge on any atom is -0.508 e. The monoisotopic (exact) mass is 378 g/mol. The summed E-state index contributed by atoms with van der Waals surface area (Å²) in [4.78, 5) is 20.4. The van der Waals surface area contributed by atoms with E-state index in [2.05, 4.69) is 25.7 Å². The number of carbonyl (C=O) groups excluding carboxylic acids is 1. The van der Waals surface area contributed by atoms with Gasteiger partial charge in [0, 0.05) is 23.3 Å². The first-order chi connectivity index (χ1) is 13.6. The van der Waals surface area contributed by atoms with Gasteiger partial charge in [-0.05, 0) is 30.3 Å². The largest absolute Gasteiger partial charge is 0.508 e.